The molecule has 3 aromatic rings. The topological polar surface area (TPSA) is 86.1 Å². The lowest BCUT2D eigenvalue weighted by Gasteiger charge is -2.24. The quantitative estimate of drug-likeness (QED) is 0.467. The van der Waals surface area contributed by atoms with Crippen molar-refractivity contribution in [1.29, 1.82) is 5.26 Å². The molecule has 1 atom stereocenters. The van der Waals surface area contributed by atoms with E-state index in [0.29, 0.717) is 17.5 Å². The number of rotatable bonds is 6. The number of anilines is 1. The van der Waals surface area contributed by atoms with Crippen molar-refractivity contribution in [2.75, 3.05) is 11.9 Å². The van der Waals surface area contributed by atoms with E-state index in [2.05, 4.69) is 10.3 Å². The van der Waals surface area contributed by atoms with Gasteiger partial charge in [0.15, 0.2) is 11.6 Å². The molecule has 1 N–H and O–H groups in total. The van der Waals surface area contributed by atoms with Crippen LogP contribution in [-0.2, 0) is 6.42 Å². The minimum atomic E-state index is -0.749. The van der Waals surface area contributed by atoms with E-state index in [1.54, 1.807) is 30.3 Å². The summed E-state index contributed by atoms with van der Waals surface area (Å²) >= 11 is 5.96. The summed E-state index contributed by atoms with van der Waals surface area (Å²) in [7, 11) is 0. The van der Waals surface area contributed by atoms with E-state index in [4.69, 9.17) is 16.9 Å². The number of hydrogen-bond donors (Lipinski definition) is 1. The summed E-state index contributed by atoms with van der Waals surface area (Å²) in [4.78, 5) is 30.7. The van der Waals surface area contributed by atoms with Crippen molar-refractivity contribution in [2.45, 2.75) is 12.5 Å². The Morgan fingerprint density at radius 1 is 1.06 bits per heavy atom. The van der Waals surface area contributed by atoms with Gasteiger partial charge in [0.25, 0.3) is 11.8 Å². The van der Waals surface area contributed by atoms with E-state index < -0.39 is 23.7 Å². The maximum Gasteiger partial charge on any atom is 0.261 e. The van der Waals surface area contributed by atoms with Crippen molar-refractivity contribution < 1.29 is 14.0 Å². The van der Waals surface area contributed by atoms with Gasteiger partial charge in [-0.25, -0.2) is 9.37 Å². The average molecular weight is 435 g/mol. The molecule has 1 aromatic heterocycles. The highest BCUT2D eigenvalue weighted by Gasteiger charge is 2.36. The Kier molecular flexibility index (Phi) is 5.65. The maximum atomic E-state index is 14.5. The number of nitriles is 1. The molecule has 31 heavy (non-hydrogen) atoms. The Morgan fingerprint density at radius 3 is 2.29 bits per heavy atom. The van der Waals surface area contributed by atoms with Gasteiger partial charge in [-0.3, -0.25) is 14.5 Å². The molecule has 4 rings (SSSR count). The monoisotopic (exact) mass is 434 g/mol. The normalized spacial score (nSPS) is 13.6. The average Bonchev–Trinajstić information content (AvgIpc) is 3.01. The molecule has 0 spiro atoms. The number of nitrogens with one attached hydrogen (secondary N) is 1. The van der Waals surface area contributed by atoms with Crippen molar-refractivity contribution in [3.8, 4) is 6.07 Å². The third-order valence-electron chi connectivity index (χ3n) is 5.00. The van der Waals surface area contributed by atoms with Crippen molar-refractivity contribution in [2.24, 2.45) is 0 Å². The van der Waals surface area contributed by atoms with Crippen molar-refractivity contribution in [3.05, 3.63) is 93.9 Å². The fraction of sp³-hybridized carbons (Fsp3) is 0.130. The van der Waals surface area contributed by atoms with E-state index in [9.17, 15) is 14.0 Å². The zero-order valence-corrected chi connectivity index (χ0v) is 16.9. The van der Waals surface area contributed by atoms with E-state index >= 15 is 0 Å². The lowest BCUT2D eigenvalue weighted by atomic mass is 10.1. The SMILES string of the molecule is N#Cc1cc(F)c(NC(Cc2ccccc2)CN2C(=O)c3ccccc3C2=O)nc1Cl. The smallest absolute Gasteiger partial charge is 0.261 e. The summed E-state index contributed by atoms with van der Waals surface area (Å²) < 4.78 is 14.5. The Hall–Kier alpha value is -3.76. The van der Waals surface area contributed by atoms with Gasteiger partial charge in [-0.1, -0.05) is 54.1 Å². The zero-order valence-electron chi connectivity index (χ0n) is 16.2. The van der Waals surface area contributed by atoms with Gasteiger partial charge in [-0.15, -0.1) is 0 Å². The van der Waals surface area contributed by atoms with Crippen LogP contribution in [0.3, 0.4) is 0 Å². The maximum absolute atomic E-state index is 14.5. The molecule has 154 valence electrons. The van der Waals surface area contributed by atoms with Gasteiger partial charge in [-0.05, 0) is 30.2 Å². The van der Waals surface area contributed by atoms with Crippen LogP contribution >= 0.6 is 11.6 Å². The van der Waals surface area contributed by atoms with Gasteiger partial charge in [0.1, 0.15) is 11.2 Å². The number of hydrogen-bond acceptors (Lipinski definition) is 5. The fourth-order valence-corrected chi connectivity index (χ4v) is 3.71. The number of nitrogens with zero attached hydrogens (tertiary/aromatic N) is 3. The Labute approximate surface area is 182 Å². The van der Waals surface area contributed by atoms with Crippen LogP contribution in [0.15, 0.2) is 60.7 Å². The number of fused-ring (bicyclic) bond motifs is 1. The molecule has 0 saturated heterocycles. The minimum absolute atomic E-state index is 0.0000184. The van der Waals surface area contributed by atoms with Crippen LogP contribution in [0.25, 0.3) is 0 Å². The molecule has 6 nitrogen and oxygen atoms in total. The molecule has 0 fully saturated rings. The molecule has 1 unspecified atom stereocenters. The second-order valence-electron chi connectivity index (χ2n) is 7.07. The highest BCUT2D eigenvalue weighted by molar-refractivity contribution is 6.30. The number of pyridine rings is 1. The Morgan fingerprint density at radius 2 is 1.68 bits per heavy atom. The molecule has 8 heteroatoms. The molecule has 2 aromatic carbocycles. The summed E-state index contributed by atoms with van der Waals surface area (Å²) in [5, 5.41) is 11.8. The summed E-state index contributed by atoms with van der Waals surface area (Å²) in [5.41, 5.74) is 1.54. The predicted molar refractivity (Wildman–Crippen MR) is 113 cm³/mol. The summed E-state index contributed by atoms with van der Waals surface area (Å²) in [5.74, 6) is -1.69. The van der Waals surface area contributed by atoms with Gasteiger partial charge in [0.05, 0.1) is 16.7 Å². The zero-order chi connectivity index (χ0) is 22.0. The number of carbonyl (C=O) groups is 2. The molecular formula is C23H16ClFN4O2. The number of benzene rings is 2. The number of amides is 2. The lowest BCUT2D eigenvalue weighted by molar-refractivity contribution is 0.0647. The second-order valence-corrected chi connectivity index (χ2v) is 7.42. The largest absolute Gasteiger partial charge is 0.363 e. The third-order valence-corrected chi connectivity index (χ3v) is 5.28. The summed E-state index contributed by atoms with van der Waals surface area (Å²) in [6.07, 6.45) is 0.396. The molecule has 2 amide bonds. The summed E-state index contributed by atoms with van der Waals surface area (Å²) in [6, 6.07) is 18.2. The number of carbonyl (C=O) groups excluding carboxylic acids is 2. The van der Waals surface area contributed by atoms with Gasteiger partial charge in [0, 0.05) is 12.6 Å². The van der Waals surface area contributed by atoms with Crippen LogP contribution in [0.2, 0.25) is 5.15 Å². The Bertz CT molecular complexity index is 1170. The van der Waals surface area contributed by atoms with Crippen LogP contribution in [0.4, 0.5) is 10.2 Å². The van der Waals surface area contributed by atoms with Gasteiger partial charge < -0.3 is 5.32 Å². The highest BCUT2D eigenvalue weighted by atomic mass is 35.5. The van der Waals surface area contributed by atoms with Crippen molar-refractivity contribution >= 4 is 29.2 Å². The number of imide groups is 1. The molecule has 0 aliphatic carbocycles. The molecule has 1 aliphatic heterocycles. The van der Waals surface area contributed by atoms with E-state index in [-0.39, 0.29) is 23.1 Å². The second kappa shape index (κ2) is 8.54. The highest BCUT2D eigenvalue weighted by Crippen LogP contribution is 2.25. The first kappa shape index (κ1) is 20.5. The number of aromatic nitrogens is 1. The standard InChI is InChI=1S/C23H16ClFN4O2/c24-20-15(12-26)11-19(25)21(28-20)27-16(10-14-6-2-1-3-7-14)13-29-22(30)17-8-4-5-9-18(17)23(29)31/h1-9,11,16H,10,13H2,(H,27,28). The molecule has 2 heterocycles. The first-order valence-corrected chi connectivity index (χ1v) is 9.87. The predicted octanol–water partition coefficient (Wildman–Crippen LogP) is 4.07. The number of halogens is 2. The molecular weight excluding hydrogens is 419 g/mol. The van der Waals surface area contributed by atoms with Crippen LogP contribution in [-0.4, -0.2) is 34.3 Å². The van der Waals surface area contributed by atoms with Gasteiger partial charge >= 0.3 is 0 Å². The van der Waals surface area contributed by atoms with E-state index in [1.807, 2.05) is 30.3 Å². The third kappa shape index (κ3) is 4.11. The van der Waals surface area contributed by atoms with E-state index in [1.165, 1.54) is 0 Å². The first-order chi connectivity index (χ1) is 15.0. The first-order valence-electron chi connectivity index (χ1n) is 9.49. The fourth-order valence-electron chi connectivity index (χ4n) is 3.52. The van der Waals surface area contributed by atoms with Gasteiger partial charge in [0.2, 0.25) is 0 Å². The molecule has 0 saturated carbocycles. The molecule has 0 bridgehead atoms. The Balaban J connectivity index is 1.63. The van der Waals surface area contributed by atoms with Crippen LogP contribution in [0.1, 0.15) is 31.8 Å². The van der Waals surface area contributed by atoms with Crippen molar-refractivity contribution in [1.82, 2.24) is 9.88 Å². The molecule has 1 aliphatic rings. The minimum Gasteiger partial charge on any atom is -0.363 e. The molecule has 0 radical (unpaired) electrons. The van der Waals surface area contributed by atoms with Crippen LogP contribution < -0.4 is 5.32 Å². The van der Waals surface area contributed by atoms with E-state index in [0.717, 1.165) is 16.5 Å². The van der Waals surface area contributed by atoms with Crippen molar-refractivity contribution in [3.63, 3.8) is 0 Å². The summed E-state index contributed by atoms with van der Waals surface area (Å²) in [6.45, 7) is -0.0000184. The van der Waals surface area contributed by atoms with Gasteiger partial charge in [-0.2, -0.15) is 5.26 Å². The lowest BCUT2D eigenvalue weighted by Crippen LogP contribution is -2.41. The van der Waals surface area contributed by atoms with Crippen LogP contribution in [0, 0.1) is 17.1 Å². The van der Waals surface area contributed by atoms with Crippen LogP contribution in [0.5, 0.6) is 0 Å².